The van der Waals surface area contributed by atoms with Gasteiger partial charge in [0.1, 0.15) is 11.6 Å². The Hall–Kier alpha value is -2.27. The number of carbonyl (C=O) groups is 1. The van der Waals surface area contributed by atoms with Gasteiger partial charge < -0.3 is 5.32 Å². The molecule has 0 fully saturated rings. The molecule has 0 heterocycles. The number of likely N-dealkylation sites (N-methyl/N-ethyl adjacent to an activating group) is 2. The van der Waals surface area contributed by atoms with Crippen LogP contribution in [0.3, 0.4) is 0 Å². The zero-order valence-corrected chi connectivity index (χ0v) is 14.6. The number of benzene rings is 2. The zero-order chi connectivity index (χ0) is 18.2. The van der Waals surface area contributed by atoms with E-state index in [9.17, 15) is 13.6 Å². The lowest BCUT2D eigenvalue weighted by Crippen LogP contribution is -2.33. The molecule has 0 saturated heterocycles. The lowest BCUT2D eigenvalue weighted by Gasteiger charge is -2.21. The van der Waals surface area contributed by atoms with Crippen LogP contribution < -0.4 is 5.32 Å². The fourth-order valence-electron chi connectivity index (χ4n) is 2.88. The molecule has 1 N–H and O–H groups in total. The summed E-state index contributed by atoms with van der Waals surface area (Å²) >= 11 is 0. The highest BCUT2D eigenvalue weighted by molar-refractivity contribution is 5.77. The monoisotopic (exact) mass is 346 g/mol. The number of rotatable bonds is 8. The van der Waals surface area contributed by atoms with Crippen molar-refractivity contribution < 1.29 is 13.6 Å². The van der Waals surface area contributed by atoms with Gasteiger partial charge in [-0.25, -0.2) is 8.78 Å². The molecule has 2 rings (SSSR count). The molecule has 134 valence electrons. The van der Waals surface area contributed by atoms with E-state index in [1.54, 1.807) is 31.3 Å². The van der Waals surface area contributed by atoms with Crippen LogP contribution in [0, 0.1) is 11.6 Å². The predicted molar refractivity (Wildman–Crippen MR) is 95.4 cm³/mol. The summed E-state index contributed by atoms with van der Waals surface area (Å²) in [5.74, 6) is -0.496. The zero-order valence-electron chi connectivity index (χ0n) is 14.6. The lowest BCUT2D eigenvalue weighted by molar-refractivity contribution is -0.121. The molecule has 5 heteroatoms. The van der Waals surface area contributed by atoms with Crippen molar-refractivity contribution in [2.75, 3.05) is 27.2 Å². The maximum atomic E-state index is 13.2. The standard InChI is InChI=1S/C20H24F2N2O/c1-23-20(25)14-24(2)13-3-4-19(15-5-9-17(21)10-6-15)16-7-11-18(22)12-8-16/h5-12,19H,3-4,13-14H2,1-2H3,(H,23,25). The van der Waals surface area contributed by atoms with Gasteiger partial charge >= 0.3 is 0 Å². The molecule has 0 spiro atoms. The Morgan fingerprint density at radius 3 is 1.92 bits per heavy atom. The van der Waals surface area contributed by atoms with E-state index < -0.39 is 0 Å². The van der Waals surface area contributed by atoms with Crippen LogP contribution in [0.25, 0.3) is 0 Å². The van der Waals surface area contributed by atoms with Gasteiger partial charge in [-0.15, -0.1) is 0 Å². The van der Waals surface area contributed by atoms with Crippen LogP contribution in [-0.2, 0) is 4.79 Å². The van der Waals surface area contributed by atoms with E-state index in [0.717, 1.165) is 30.5 Å². The molecule has 3 nitrogen and oxygen atoms in total. The van der Waals surface area contributed by atoms with Gasteiger partial charge in [0.25, 0.3) is 0 Å². The minimum absolute atomic E-state index is 0.0175. The van der Waals surface area contributed by atoms with Gasteiger partial charge in [-0.2, -0.15) is 0 Å². The topological polar surface area (TPSA) is 32.3 Å². The first-order chi connectivity index (χ1) is 12.0. The van der Waals surface area contributed by atoms with Gasteiger partial charge in [0.05, 0.1) is 6.54 Å². The molecule has 0 radical (unpaired) electrons. The van der Waals surface area contributed by atoms with Crippen LogP contribution in [0.4, 0.5) is 8.78 Å². The Balaban J connectivity index is 2.06. The van der Waals surface area contributed by atoms with Crippen LogP contribution in [0.5, 0.6) is 0 Å². The molecule has 0 aliphatic heterocycles. The van der Waals surface area contributed by atoms with Crippen molar-refractivity contribution in [1.82, 2.24) is 10.2 Å². The number of nitrogens with zero attached hydrogens (tertiary/aromatic N) is 1. The van der Waals surface area contributed by atoms with Gasteiger partial charge in [-0.1, -0.05) is 24.3 Å². The molecule has 0 aromatic heterocycles. The first kappa shape index (κ1) is 19.1. The van der Waals surface area contributed by atoms with Crippen LogP contribution >= 0.6 is 0 Å². The fraction of sp³-hybridized carbons (Fsp3) is 0.350. The SMILES string of the molecule is CNC(=O)CN(C)CCCC(c1ccc(F)cc1)c1ccc(F)cc1. The van der Waals surface area contributed by atoms with E-state index in [-0.39, 0.29) is 23.5 Å². The highest BCUT2D eigenvalue weighted by atomic mass is 19.1. The summed E-state index contributed by atoms with van der Waals surface area (Å²) in [5, 5.41) is 2.61. The van der Waals surface area contributed by atoms with Crippen LogP contribution in [0.15, 0.2) is 48.5 Å². The summed E-state index contributed by atoms with van der Waals surface area (Å²) in [6.07, 6.45) is 1.70. The van der Waals surface area contributed by atoms with E-state index in [1.807, 2.05) is 11.9 Å². The van der Waals surface area contributed by atoms with Crippen molar-refractivity contribution >= 4 is 5.91 Å². The average Bonchev–Trinajstić information content (AvgIpc) is 2.60. The summed E-state index contributed by atoms with van der Waals surface area (Å²) in [6, 6.07) is 12.9. The summed E-state index contributed by atoms with van der Waals surface area (Å²) in [6.45, 7) is 1.13. The third-order valence-corrected chi connectivity index (χ3v) is 4.27. The highest BCUT2D eigenvalue weighted by Crippen LogP contribution is 2.29. The maximum Gasteiger partial charge on any atom is 0.233 e. The Labute approximate surface area is 147 Å². The molecule has 0 unspecified atom stereocenters. The Bertz CT molecular complexity index is 626. The van der Waals surface area contributed by atoms with Crippen molar-refractivity contribution in [2.24, 2.45) is 0 Å². The summed E-state index contributed by atoms with van der Waals surface area (Å²) < 4.78 is 26.4. The predicted octanol–water partition coefficient (Wildman–Crippen LogP) is 3.55. The molecule has 2 aromatic carbocycles. The number of halogens is 2. The minimum atomic E-state index is -0.271. The van der Waals surface area contributed by atoms with Gasteiger partial charge in [0.15, 0.2) is 0 Å². The number of nitrogens with one attached hydrogen (secondary N) is 1. The summed E-state index contributed by atoms with van der Waals surface area (Å²) in [5.41, 5.74) is 2.00. The highest BCUT2D eigenvalue weighted by Gasteiger charge is 2.15. The van der Waals surface area contributed by atoms with Gasteiger partial charge in [-0.05, 0) is 61.8 Å². The molecular formula is C20H24F2N2O. The Kier molecular flexibility index (Phi) is 7.07. The maximum absolute atomic E-state index is 13.2. The van der Waals surface area contributed by atoms with Crippen molar-refractivity contribution in [2.45, 2.75) is 18.8 Å². The molecule has 0 atom stereocenters. The Morgan fingerprint density at radius 1 is 1.00 bits per heavy atom. The van der Waals surface area contributed by atoms with Crippen molar-refractivity contribution in [3.63, 3.8) is 0 Å². The smallest absolute Gasteiger partial charge is 0.233 e. The molecule has 0 aliphatic carbocycles. The van der Waals surface area contributed by atoms with Gasteiger partial charge in [-0.3, -0.25) is 9.69 Å². The lowest BCUT2D eigenvalue weighted by atomic mass is 9.87. The van der Waals surface area contributed by atoms with Gasteiger partial charge in [0.2, 0.25) is 5.91 Å². The van der Waals surface area contributed by atoms with Crippen molar-refractivity contribution in [3.05, 3.63) is 71.3 Å². The second-order valence-corrected chi connectivity index (χ2v) is 6.21. The van der Waals surface area contributed by atoms with Crippen LogP contribution in [0.1, 0.15) is 29.9 Å². The number of hydrogen-bond donors (Lipinski definition) is 1. The molecular weight excluding hydrogens is 322 g/mol. The third kappa shape index (κ3) is 5.94. The minimum Gasteiger partial charge on any atom is -0.358 e. The first-order valence-electron chi connectivity index (χ1n) is 8.39. The van der Waals surface area contributed by atoms with Crippen LogP contribution in [0.2, 0.25) is 0 Å². The number of hydrogen-bond acceptors (Lipinski definition) is 2. The normalized spacial score (nSPS) is 11.1. The molecule has 1 amide bonds. The van der Waals surface area contributed by atoms with E-state index >= 15 is 0 Å². The molecule has 0 saturated carbocycles. The molecule has 25 heavy (non-hydrogen) atoms. The Morgan fingerprint density at radius 2 is 1.48 bits per heavy atom. The first-order valence-corrected chi connectivity index (χ1v) is 8.39. The van der Waals surface area contributed by atoms with Crippen LogP contribution in [-0.4, -0.2) is 38.0 Å². The van der Waals surface area contributed by atoms with E-state index in [4.69, 9.17) is 0 Å². The fourth-order valence-corrected chi connectivity index (χ4v) is 2.88. The van der Waals surface area contributed by atoms with Crippen molar-refractivity contribution in [1.29, 1.82) is 0 Å². The number of carbonyl (C=O) groups excluding carboxylic acids is 1. The van der Waals surface area contributed by atoms with E-state index in [0.29, 0.717) is 6.54 Å². The molecule has 0 aliphatic rings. The number of amides is 1. The molecule has 0 bridgehead atoms. The van der Waals surface area contributed by atoms with E-state index in [2.05, 4.69) is 5.32 Å². The summed E-state index contributed by atoms with van der Waals surface area (Å²) in [7, 11) is 3.52. The van der Waals surface area contributed by atoms with Gasteiger partial charge in [0, 0.05) is 13.0 Å². The van der Waals surface area contributed by atoms with E-state index in [1.165, 1.54) is 24.3 Å². The second-order valence-electron chi connectivity index (χ2n) is 6.21. The average molecular weight is 346 g/mol. The quantitative estimate of drug-likeness (QED) is 0.793. The molecule has 2 aromatic rings. The second kappa shape index (κ2) is 9.28. The summed E-state index contributed by atoms with van der Waals surface area (Å²) in [4.78, 5) is 13.4. The third-order valence-electron chi connectivity index (χ3n) is 4.27. The largest absolute Gasteiger partial charge is 0.358 e. The van der Waals surface area contributed by atoms with Crippen molar-refractivity contribution in [3.8, 4) is 0 Å².